The predicted octanol–water partition coefficient (Wildman–Crippen LogP) is 0.763. The van der Waals surface area contributed by atoms with Gasteiger partial charge in [-0.1, -0.05) is 0 Å². The van der Waals surface area contributed by atoms with Crippen LogP contribution >= 0.6 is 0 Å². The normalized spacial score (nSPS) is 28.4. The number of sulfone groups is 1. The Morgan fingerprint density at radius 2 is 2.17 bits per heavy atom. The Morgan fingerprint density at radius 3 is 2.67 bits per heavy atom. The molecule has 1 saturated carbocycles. The molecule has 0 amide bonds. The van der Waals surface area contributed by atoms with Crippen molar-refractivity contribution in [2.24, 2.45) is 0 Å². The maximum Gasteiger partial charge on any atom is 0.371 e. The van der Waals surface area contributed by atoms with Gasteiger partial charge in [0.2, 0.25) is 5.76 Å². The van der Waals surface area contributed by atoms with E-state index in [0.717, 1.165) is 6.26 Å². The van der Waals surface area contributed by atoms with Crippen LogP contribution < -0.4 is 0 Å². The number of aliphatic hydroxyl groups is 1. The molecule has 1 fully saturated rings. The minimum atomic E-state index is -3.43. The van der Waals surface area contributed by atoms with Gasteiger partial charge in [0, 0.05) is 6.26 Å². The molecule has 0 aromatic carbocycles. The van der Waals surface area contributed by atoms with Crippen molar-refractivity contribution in [1.82, 2.24) is 0 Å². The zero-order valence-corrected chi connectivity index (χ0v) is 10.6. The summed E-state index contributed by atoms with van der Waals surface area (Å²) in [6.07, 6.45) is 2.21. The molecule has 1 aliphatic carbocycles. The maximum absolute atomic E-state index is 11.6. The van der Waals surface area contributed by atoms with Crippen LogP contribution in [-0.2, 0) is 15.4 Å². The average molecular weight is 274 g/mol. The first kappa shape index (κ1) is 13.1. The molecule has 0 aliphatic heterocycles. The zero-order chi connectivity index (χ0) is 13.6. The molecule has 1 heterocycles. The molecule has 2 unspecified atom stereocenters. The van der Waals surface area contributed by atoms with Crippen molar-refractivity contribution in [3.05, 3.63) is 23.7 Å². The van der Waals surface area contributed by atoms with E-state index in [9.17, 15) is 18.3 Å². The van der Waals surface area contributed by atoms with E-state index < -0.39 is 26.7 Å². The summed E-state index contributed by atoms with van der Waals surface area (Å²) < 4.78 is 28.3. The van der Waals surface area contributed by atoms with Crippen LogP contribution in [-0.4, -0.2) is 36.1 Å². The minimum Gasteiger partial charge on any atom is -0.475 e. The standard InChI is InChI=1S/C11H14O6S/c1-18(15,16)9-3-2-6-11(9,14)8-5-4-7(17-8)10(12)13/h4-5,9,14H,2-3,6H2,1H3,(H,12,13). The molecule has 2 N–H and O–H groups in total. The number of furan rings is 1. The Kier molecular flexibility index (Phi) is 2.98. The quantitative estimate of drug-likeness (QED) is 0.843. The summed E-state index contributed by atoms with van der Waals surface area (Å²) in [6, 6.07) is 2.54. The van der Waals surface area contributed by atoms with Gasteiger partial charge < -0.3 is 14.6 Å². The first-order chi connectivity index (χ1) is 8.25. The van der Waals surface area contributed by atoms with Crippen LogP contribution in [0.1, 0.15) is 35.6 Å². The van der Waals surface area contributed by atoms with Crippen molar-refractivity contribution >= 4 is 15.8 Å². The summed E-state index contributed by atoms with van der Waals surface area (Å²) in [4.78, 5) is 10.7. The van der Waals surface area contributed by atoms with Crippen LogP contribution in [0.5, 0.6) is 0 Å². The van der Waals surface area contributed by atoms with Crippen LogP contribution in [0.15, 0.2) is 16.5 Å². The van der Waals surface area contributed by atoms with Gasteiger partial charge in [0.15, 0.2) is 9.84 Å². The number of hydrogen-bond acceptors (Lipinski definition) is 5. The minimum absolute atomic E-state index is 0.00725. The average Bonchev–Trinajstić information content (AvgIpc) is 2.82. The molecular formula is C11H14O6S. The van der Waals surface area contributed by atoms with Crippen molar-refractivity contribution in [2.45, 2.75) is 30.1 Å². The summed E-state index contributed by atoms with van der Waals surface area (Å²) in [5.74, 6) is -1.55. The van der Waals surface area contributed by atoms with Gasteiger partial charge in [0.1, 0.15) is 11.4 Å². The lowest BCUT2D eigenvalue weighted by Crippen LogP contribution is -2.39. The third-order valence-corrected chi connectivity index (χ3v) is 4.98. The lowest BCUT2D eigenvalue weighted by atomic mass is 9.99. The van der Waals surface area contributed by atoms with Gasteiger partial charge in [-0.2, -0.15) is 0 Å². The van der Waals surface area contributed by atoms with Crippen LogP contribution in [0.25, 0.3) is 0 Å². The van der Waals surface area contributed by atoms with E-state index in [-0.39, 0.29) is 17.9 Å². The third kappa shape index (κ3) is 2.04. The van der Waals surface area contributed by atoms with Gasteiger partial charge in [-0.05, 0) is 31.4 Å². The van der Waals surface area contributed by atoms with E-state index in [1.54, 1.807) is 0 Å². The lowest BCUT2D eigenvalue weighted by molar-refractivity contribution is 0.0230. The first-order valence-electron chi connectivity index (χ1n) is 5.50. The predicted molar refractivity (Wildman–Crippen MR) is 62.0 cm³/mol. The highest BCUT2D eigenvalue weighted by molar-refractivity contribution is 7.91. The van der Waals surface area contributed by atoms with E-state index >= 15 is 0 Å². The van der Waals surface area contributed by atoms with Gasteiger partial charge in [-0.25, -0.2) is 13.2 Å². The molecule has 0 bridgehead atoms. The third-order valence-electron chi connectivity index (χ3n) is 3.32. The van der Waals surface area contributed by atoms with Crippen molar-refractivity contribution in [1.29, 1.82) is 0 Å². The molecule has 1 aromatic heterocycles. The number of hydrogen-bond donors (Lipinski definition) is 2. The number of aromatic carboxylic acids is 1. The molecule has 0 spiro atoms. The van der Waals surface area contributed by atoms with Gasteiger partial charge in [0.05, 0.1) is 5.25 Å². The van der Waals surface area contributed by atoms with Crippen molar-refractivity contribution in [3.8, 4) is 0 Å². The van der Waals surface area contributed by atoms with E-state index in [0.29, 0.717) is 12.8 Å². The van der Waals surface area contributed by atoms with E-state index in [4.69, 9.17) is 9.52 Å². The van der Waals surface area contributed by atoms with Gasteiger partial charge in [-0.15, -0.1) is 0 Å². The van der Waals surface area contributed by atoms with Crippen LogP contribution in [0.4, 0.5) is 0 Å². The highest BCUT2D eigenvalue weighted by Crippen LogP contribution is 2.43. The molecule has 100 valence electrons. The van der Waals surface area contributed by atoms with Gasteiger partial charge >= 0.3 is 5.97 Å². The van der Waals surface area contributed by atoms with E-state index in [2.05, 4.69) is 0 Å². The molecule has 0 radical (unpaired) electrons. The molecule has 2 rings (SSSR count). The fraction of sp³-hybridized carbons (Fsp3) is 0.545. The molecule has 0 saturated heterocycles. The van der Waals surface area contributed by atoms with Crippen molar-refractivity contribution in [3.63, 3.8) is 0 Å². The fourth-order valence-electron chi connectivity index (χ4n) is 2.49. The second-order valence-corrected chi connectivity index (χ2v) is 6.83. The SMILES string of the molecule is CS(=O)(=O)C1CCCC1(O)c1ccc(C(=O)O)o1. The number of carbonyl (C=O) groups is 1. The molecule has 7 heteroatoms. The summed E-state index contributed by atoms with van der Waals surface area (Å²) in [5.41, 5.74) is -1.62. The second kappa shape index (κ2) is 4.10. The molecule has 2 atom stereocenters. The second-order valence-electron chi connectivity index (χ2n) is 4.60. The molecular weight excluding hydrogens is 260 g/mol. The lowest BCUT2D eigenvalue weighted by Gasteiger charge is -2.26. The Hall–Kier alpha value is -1.34. The van der Waals surface area contributed by atoms with Crippen LogP contribution in [0.3, 0.4) is 0 Å². The number of carboxylic acid groups (broad SMARTS) is 1. The summed E-state index contributed by atoms with van der Waals surface area (Å²) in [7, 11) is -3.43. The Bertz CT molecular complexity index is 572. The Morgan fingerprint density at radius 1 is 1.50 bits per heavy atom. The molecule has 18 heavy (non-hydrogen) atoms. The Labute approximate surface area is 104 Å². The summed E-state index contributed by atoms with van der Waals surface area (Å²) in [5, 5.41) is 18.3. The highest BCUT2D eigenvalue weighted by atomic mass is 32.2. The van der Waals surface area contributed by atoms with Crippen molar-refractivity contribution < 1.29 is 27.8 Å². The van der Waals surface area contributed by atoms with Crippen LogP contribution in [0, 0.1) is 0 Å². The van der Waals surface area contributed by atoms with E-state index in [1.165, 1.54) is 12.1 Å². The summed E-state index contributed by atoms with van der Waals surface area (Å²) in [6.45, 7) is 0. The number of rotatable bonds is 3. The number of carboxylic acids is 1. The molecule has 1 aromatic rings. The van der Waals surface area contributed by atoms with Crippen LogP contribution in [0.2, 0.25) is 0 Å². The zero-order valence-electron chi connectivity index (χ0n) is 9.79. The fourth-order valence-corrected chi connectivity index (χ4v) is 4.03. The largest absolute Gasteiger partial charge is 0.475 e. The smallest absolute Gasteiger partial charge is 0.371 e. The van der Waals surface area contributed by atoms with Gasteiger partial charge in [0.25, 0.3) is 0 Å². The van der Waals surface area contributed by atoms with E-state index in [1.807, 2.05) is 0 Å². The molecule has 6 nitrogen and oxygen atoms in total. The maximum atomic E-state index is 11.6. The molecule has 1 aliphatic rings. The monoisotopic (exact) mass is 274 g/mol. The first-order valence-corrected chi connectivity index (χ1v) is 7.45. The van der Waals surface area contributed by atoms with Crippen molar-refractivity contribution in [2.75, 3.05) is 6.26 Å². The van der Waals surface area contributed by atoms with Gasteiger partial charge in [-0.3, -0.25) is 0 Å². The Balaban J connectivity index is 2.43. The highest BCUT2D eigenvalue weighted by Gasteiger charge is 2.50. The topological polar surface area (TPSA) is 105 Å². The summed E-state index contributed by atoms with van der Waals surface area (Å²) >= 11 is 0.